The molecular weight excluding hydrogens is 542 g/mol. The molecule has 2 nitrogen and oxygen atoms in total. The van der Waals surface area contributed by atoms with Crippen LogP contribution in [0.3, 0.4) is 0 Å². The number of hydrogen-bond donors (Lipinski definition) is 0. The number of halogens is 1. The molecule has 2 heterocycles. The van der Waals surface area contributed by atoms with Crippen LogP contribution in [0, 0.1) is 0 Å². The van der Waals surface area contributed by atoms with Crippen LogP contribution in [-0.2, 0) is 0 Å². The number of para-hydroxylation sites is 2. The molecule has 39 heavy (non-hydrogen) atoms. The lowest BCUT2D eigenvalue weighted by atomic mass is 9.98. The Hall–Kier alpha value is -4.60. The molecule has 184 valence electrons. The molecule has 0 bridgehead atoms. The highest BCUT2D eigenvalue weighted by molar-refractivity contribution is 9.10. The van der Waals surface area contributed by atoms with Crippen LogP contribution in [0.1, 0.15) is 0 Å². The molecule has 0 aliphatic rings. The number of furan rings is 1. The van der Waals surface area contributed by atoms with E-state index in [9.17, 15) is 0 Å². The quantitative estimate of drug-likeness (QED) is 0.209. The molecule has 0 aliphatic heterocycles. The van der Waals surface area contributed by atoms with E-state index in [1.807, 2.05) is 12.1 Å². The maximum atomic E-state index is 6.12. The highest BCUT2D eigenvalue weighted by Crippen LogP contribution is 2.37. The van der Waals surface area contributed by atoms with Crippen LogP contribution in [0.25, 0.3) is 71.7 Å². The molecule has 8 rings (SSSR count). The second-order valence-electron chi connectivity index (χ2n) is 9.95. The lowest BCUT2D eigenvalue weighted by Gasteiger charge is -2.10. The van der Waals surface area contributed by atoms with Crippen LogP contribution in [-0.4, -0.2) is 4.57 Å². The molecule has 0 atom stereocenters. The van der Waals surface area contributed by atoms with Crippen molar-refractivity contribution in [3.05, 3.63) is 138 Å². The van der Waals surface area contributed by atoms with E-state index in [-0.39, 0.29) is 0 Å². The second-order valence-corrected chi connectivity index (χ2v) is 10.9. The average molecular weight is 564 g/mol. The van der Waals surface area contributed by atoms with E-state index >= 15 is 0 Å². The molecule has 8 aromatic rings. The van der Waals surface area contributed by atoms with Crippen molar-refractivity contribution in [2.45, 2.75) is 0 Å². The molecule has 6 aromatic carbocycles. The molecule has 3 heteroatoms. The van der Waals surface area contributed by atoms with Gasteiger partial charge in [-0.1, -0.05) is 94.8 Å². The number of benzene rings is 6. The van der Waals surface area contributed by atoms with Crippen LogP contribution in [0.5, 0.6) is 0 Å². The minimum absolute atomic E-state index is 0.908. The Bertz CT molecular complexity index is 2180. The van der Waals surface area contributed by atoms with Gasteiger partial charge in [0, 0.05) is 31.7 Å². The topological polar surface area (TPSA) is 18.1 Å². The Labute approximate surface area is 233 Å². The van der Waals surface area contributed by atoms with Gasteiger partial charge in [0.15, 0.2) is 0 Å². The van der Waals surface area contributed by atoms with E-state index < -0.39 is 0 Å². The summed E-state index contributed by atoms with van der Waals surface area (Å²) < 4.78 is 9.59. The molecule has 0 spiro atoms. The largest absolute Gasteiger partial charge is 0.456 e. The Balaban J connectivity index is 1.35. The number of fused-ring (bicyclic) bond motifs is 6. The summed E-state index contributed by atoms with van der Waals surface area (Å²) >= 11 is 3.55. The molecule has 0 unspecified atom stereocenters. The average Bonchev–Trinajstić information content (AvgIpc) is 3.52. The van der Waals surface area contributed by atoms with Crippen molar-refractivity contribution >= 4 is 59.7 Å². The van der Waals surface area contributed by atoms with Gasteiger partial charge in [-0.15, -0.1) is 0 Å². The van der Waals surface area contributed by atoms with Gasteiger partial charge < -0.3 is 8.98 Å². The Kier molecular flexibility index (Phi) is 5.01. The summed E-state index contributed by atoms with van der Waals surface area (Å²) in [6, 6.07) is 47.5. The van der Waals surface area contributed by atoms with Gasteiger partial charge in [-0.25, -0.2) is 0 Å². The molecule has 0 amide bonds. The van der Waals surface area contributed by atoms with Gasteiger partial charge in [-0.3, -0.25) is 0 Å². The van der Waals surface area contributed by atoms with E-state index in [1.54, 1.807) is 0 Å². The van der Waals surface area contributed by atoms with Gasteiger partial charge in [-0.05, 0) is 76.9 Å². The summed E-state index contributed by atoms with van der Waals surface area (Å²) in [5.41, 5.74) is 10.1. The zero-order chi connectivity index (χ0) is 25.9. The second kappa shape index (κ2) is 8.72. The van der Waals surface area contributed by atoms with Crippen molar-refractivity contribution in [3.63, 3.8) is 0 Å². The van der Waals surface area contributed by atoms with Gasteiger partial charge in [0.05, 0.1) is 11.0 Å². The van der Waals surface area contributed by atoms with Crippen LogP contribution >= 0.6 is 15.9 Å². The summed E-state index contributed by atoms with van der Waals surface area (Å²) in [7, 11) is 0. The minimum atomic E-state index is 0.908. The van der Waals surface area contributed by atoms with Crippen molar-refractivity contribution < 1.29 is 4.42 Å². The fourth-order valence-electron chi connectivity index (χ4n) is 5.80. The fraction of sp³-hybridized carbons (Fsp3) is 0. The van der Waals surface area contributed by atoms with Crippen molar-refractivity contribution in [2.75, 3.05) is 0 Å². The van der Waals surface area contributed by atoms with E-state index in [1.165, 1.54) is 44.1 Å². The van der Waals surface area contributed by atoms with E-state index in [0.29, 0.717) is 0 Å². The number of aromatic nitrogens is 1. The summed E-state index contributed by atoms with van der Waals surface area (Å²) in [6.07, 6.45) is 0. The standard InChI is InChI=1S/C36H22BrNO/c37-27-15-12-23(13-16-27)24-6-5-7-25(20-24)26-14-18-30-29-8-1-3-10-33(29)38(34(30)21-26)28-17-19-36-32(22-28)31-9-2-4-11-35(31)39-36/h1-22H. The van der Waals surface area contributed by atoms with Gasteiger partial charge >= 0.3 is 0 Å². The van der Waals surface area contributed by atoms with E-state index in [4.69, 9.17) is 4.42 Å². The summed E-state index contributed by atoms with van der Waals surface area (Å²) in [5.74, 6) is 0. The highest BCUT2D eigenvalue weighted by Gasteiger charge is 2.15. The normalized spacial score (nSPS) is 11.7. The van der Waals surface area contributed by atoms with Crippen molar-refractivity contribution in [3.8, 4) is 27.9 Å². The molecule has 0 fully saturated rings. The first-order chi connectivity index (χ1) is 19.2. The lowest BCUT2D eigenvalue weighted by Crippen LogP contribution is -1.93. The first kappa shape index (κ1) is 22.4. The van der Waals surface area contributed by atoms with Gasteiger partial charge in [-0.2, -0.15) is 0 Å². The monoisotopic (exact) mass is 563 g/mol. The predicted octanol–water partition coefficient (Wildman–Crippen LogP) is 10.8. The molecular formula is C36H22BrNO. The Morgan fingerprint density at radius 1 is 0.436 bits per heavy atom. The molecule has 0 radical (unpaired) electrons. The fourth-order valence-corrected chi connectivity index (χ4v) is 6.07. The van der Waals surface area contributed by atoms with Crippen molar-refractivity contribution in [1.82, 2.24) is 4.57 Å². The molecule has 2 aromatic heterocycles. The first-order valence-electron chi connectivity index (χ1n) is 13.0. The molecule has 0 N–H and O–H groups in total. The first-order valence-corrected chi connectivity index (χ1v) is 13.8. The third-order valence-electron chi connectivity index (χ3n) is 7.67. The Morgan fingerprint density at radius 3 is 1.97 bits per heavy atom. The number of rotatable bonds is 3. The SMILES string of the molecule is Brc1ccc(-c2cccc(-c3ccc4c5ccccc5n(-c5ccc6oc7ccccc7c6c5)c4c3)c2)cc1. The van der Waals surface area contributed by atoms with E-state index in [0.717, 1.165) is 32.1 Å². The van der Waals surface area contributed by atoms with E-state index in [2.05, 4.69) is 142 Å². The maximum Gasteiger partial charge on any atom is 0.135 e. The van der Waals surface area contributed by atoms with Gasteiger partial charge in [0.25, 0.3) is 0 Å². The van der Waals surface area contributed by atoms with Crippen LogP contribution < -0.4 is 0 Å². The van der Waals surface area contributed by atoms with Crippen molar-refractivity contribution in [1.29, 1.82) is 0 Å². The van der Waals surface area contributed by atoms with Crippen LogP contribution in [0.2, 0.25) is 0 Å². The smallest absolute Gasteiger partial charge is 0.135 e. The highest BCUT2D eigenvalue weighted by atomic mass is 79.9. The number of nitrogens with zero attached hydrogens (tertiary/aromatic N) is 1. The maximum absolute atomic E-state index is 6.12. The van der Waals surface area contributed by atoms with Crippen molar-refractivity contribution in [2.24, 2.45) is 0 Å². The van der Waals surface area contributed by atoms with Crippen LogP contribution in [0.4, 0.5) is 0 Å². The lowest BCUT2D eigenvalue weighted by molar-refractivity contribution is 0.669. The Morgan fingerprint density at radius 2 is 1.10 bits per heavy atom. The molecule has 0 saturated carbocycles. The van der Waals surface area contributed by atoms with Gasteiger partial charge in [0.1, 0.15) is 11.2 Å². The summed E-state index contributed by atoms with van der Waals surface area (Å²) in [4.78, 5) is 0. The molecule has 0 aliphatic carbocycles. The predicted molar refractivity (Wildman–Crippen MR) is 167 cm³/mol. The third-order valence-corrected chi connectivity index (χ3v) is 8.19. The van der Waals surface area contributed by atoms with Crippen LogP contribution in [0.15, 0.2) is 142 Å². The minimum Gasteiger partial charge on any atom is -0.456 e. The zero-order valence-electron chi connectivity index (χ0n) is 20.9. The van der Waals surface area contributed by atoms with Gasteiger partial charge in [0.2, 0.25) is 0 Å². The summed E-state index contributed by atoms with van der Waals surface area (Å²) in [5, 5.41) is 4.77. The zero-order valence-corrected chi connectivity index (χ0v) is 22.5. The number of hydrogen-bond acceptors (Lipinski definition) is 1. The summed E-state index contributed by atoms with van der Waals surface area (Å²) in [6.45, 7) is 0. The molecule has 0 saturated heterocycles. The third kappa shape index (κ3) is 3.62.